The van der Waals surface area contributed by atoms with Crippen LogP contribution in [0.3, 0.4) is 0 Å². The topological polar surface area (TPSA) is 33.1 Å². The van der Waals surface area contributed by atoms with Crippen molar-refractivity contribution in [3.05, 3.63) is 65.0 Å². The summed E-state index contributed by atoms with van der Waals surface area (Å²) in [6.07, 6.45) is -2.68. The van der Waals surface area contributed by atoms with E-state index in [1.165, 1.54) is 12.1 Å². The smallest absolute Gasteiger partial charge is 0.390 e. The maximum atomic E-state index is 12.5. The Morgan fingerprint density at radius 3 is 2.10 bits per heavy atom. The second kappa shape index (κ2) is 5.63. The summed E-state index contributed by atoms with van der Waals surface area (Å²) in [6.45, 7) is 1.77. The number of halogens is 3. The summed E-state index contributed by atoms with van der Waals surface area (Å²) in [5.41, 5.74) is 1.59. The van der Waals surface area contributed by atoms with Gasteiger partial charge in [-0.15, -0.1) is 0 Å². The molecule has 0 fully saturated rings. The maximum Gasteiger partial charge on any atom is 0.416 e. The number of aliphatic hydroxyl groups excluding tert-OH is 1. The largest absolute Gasteiger partial charge is 0.416 e. The van der Waals surface area contributed by atoms with Crippen molar-refractivity contribution in [1.29, 1.82) is 0 Å². The highest BCUT2D eigenvalue weighted by Crippen LogP contribution is 2.31. The van der Waals surface area contributed by atoms with Gasteiger partial charge in [0.25, 0.3) is 0 Å². The predicted molar refractivity (Wildman–Crippen MR) is 69.1 cm³/mol. The van der Waals surface area contributed by atoms with Crippen LogP contribution in [0.15, 0.2) is 42.6 Å². The zero-order valence-corrected chi connectivity index (χ0v) is 10.9. The van der Waals surface area contributed by atoms with Crippen molar-refractivity contribution in [1.82, 2.24) is 4.98 Å². The van der Waals surface area contributed by atoms with Crippen molar-refractivity contribution in [2.24, 2.45) is 0 Å². The van der Waals surface area contributed by atoms with Gasteiger partial charge < -0.3 is 5.11 Å². The van der Waals surface area contributed by atoms with E-state index < -0.39 is 11.7 Å². The molecule has 0 aliphatic carbocycles. The number of alkyl halides is 3. The maximum absolute atomic E-state index is 12.5. The first-order valence-corrected chi connectivity index (χ1v) is 6.14. The molecule has 1 atom stereocenters. The number of pyridine rings is 1. The van der Waals surface area contributed by atoms with Gasteiger partial charge in [0.1, 0.15) is 0 Å². The van der Waals surface area contributed by atoms with Crippen LogP contribution in [0.2, 0.25) is 0 Å². The lowest BCUT2D eigenvalue weighted by molar-refractivity contribution is -0.137. The Bertz CT molecular complexity index is 561. The molecule has 5 heteroatoms. The number of rotatable bonds is 3. The first kappa shape index (κ1) is 14.5. The second-order valence-electron chi connectivity index (χ2n) is 4.58. The van der Waals surface area contributed by atoms with Crippen LogP contribution in [0.4, 0.5) is 13.2 Å². The van der Waals surface area contributed by atoms with E-state index in [0.29, 0.717) is 5.69 Å². The van der Waals surface area contributed by atoms with Gasteiger partial charge in [-0.25, -0.2) is 0 Å². The standard InChI is InChI=1S/C15H14F3NO/c1-10(12-4-7-14(9-20)19-8-12)11-2-5-13(6-3-11)15(16,17)18/h2-8,10,20H,9H2,1H3. The molecule has 0 aliphatic heterocycles. The Morgan fingerprint density at radius 1 is 1.05 bits per heavy atom. The minimum atomic E-state index is -4.31. The molecule has 1 aromatic carbocycles. The van der Waals surface area contributed by atoms with Gasteiger partial charge in [0.15, 0.2) is 0 Å². The van der Waals surface area contributed by atoms with Gasteiger partial charge in [-0.05, 0) is 29.3 Å². The molecule has 1 unspecified atom stereocenters. The van der Waals surface area contributed by atoms with Gasteiger partial charge in [0.2, 0.25) is 0 Å². The van der Waals surface area contributed by atoms with Crippen LogP contribution in [0, 0.1) is 0 Å². The summed E-state index contributed by atoms with van der Waals surface area (Å²) in [5.74, 6) is -0.0578. The molecule has 0 saturated carbocycles. The minimum Gasteiger partial charge on any atom is -0.390 e. The fraction of sp³-hybridized carbons (Fsp3) is 0.267. The molecular weight excluding hydrogens is 267 g/mol. The number of aliphatic hydroxyl groups is 1. The van der Waals surface area contributed by atoms with E-state index in [2.05, 4.69) is 4.98 Å². The fourth-order valence-corrected chi connectivity index (χ4v) is 1.94. The van der Waals surface area contributed by atoms with Gasteiger partial charge in [-0.2, -0.15) is 13.2 Å². The molecule has 1 heterocycles. The monoisotopic (exact) mass is 281 g/mol. The van der Waals surface area contributed by atoms with Crippen molar-refractivity contribution in [2.45, 2.75) is 25.6 Å². The van der Waals surface area contributed by atoms with Crippen LogP contribution in [0.25, 0.3) is 0 Å². The first-order valence-electron chi connectivity index (χ1n) is 6.14. The normalized spacial score (nSPS) is 13.2. The molecule has 1 aromatic heterocycles. The summed E-state index contributed by atoms with van der Waals surface area (Å²) in [4.78, 5) is 4.07. The number of benzene rings is 1. The molecule has 0 bridgehead atoms. The van der Waals surface area contributed by atoms with E-state index in [-0.39, 0.29) is 12.5 Å². The van der Waals surface area contributed by atoms with Crippen LogP contribution in [-0.2, 0) is 12.8 Å². The molecule has 0 spiro atoms. The second-order valence-corrected chi connectivity index (χ2v) is 4.58. The SMILES string of the molecule is CC(c1ccc(C(F)(F)F)cc1)c1ccc(CO)nc1. The third kappa shape index (κ3) is 3.17. The Morgan fingerprint density at radius 2 is 1.65 bits per heavy atom. The van der Waals surface area contributed by atoms with E-state index in [9.17, 15) is 13.2 Å². The highest BCUT2D eigenvalue weighted by Gasteiger charge is 2.30. The Hall–Kier alpha value is -1.88. The molecule has 2 nitrogen and oxygen atoms in total. The number of hydrogen-bond donors (Lipinski definition) is 1. The molecule has 0 radical (unpaired) electrons. The minimum absolute atomic E-state index is 0.0578. The zero-order chi connectivity index (χ0) is 14.8. The predicted octanol–water partition coefficient (Wildman–Crippen LogP) is 3.74. The highest BCUT2D eigenvalue weighted by atomic mass is 19.4. The summed E-state index contributed by atoms with van der Waals surface area (Å²) in [6, 6.07) is 8.65. The third-order valence-electron chi connectivity index (χ3n) is 3.25. The van der Waals surface area contributed by atoms with Crippen molar-refractivity contribution in [2.75, 3.05) is 0 Å². The number of nitrogens with zero attached hydrogens (tertiary/aromatic N) is 1. The lowest BCUT2D eigenvalue weighted by atomic mass is 9.93. The van der Waals surface area contributed by atoms with E-state index in [4.69, 9.17) is 5.11 Å². The quantitative estimate of drug-likeness (QED) is 0.929. The van der Waals surface area contributed by atoms with Crippen LogP contribution in [-0.4, -0.2) is 10.1 Å². The van der Waals surface area contributed by atoms with E-state index in [0.717, 1.165) is 23.3 Å². The molecular formula is C15H14F3NO. The Balaban J connectivity index is 2.22. The van der Waals surface area contributed by atoms with Crippen molar-refractivity contribution in [3.8, 4) is 0 Å². The lowest BCUT2D eigenvalue weighted by Gasteiger charge is -2.14. The van der Waals surface area contributed by atoms with Crippen LogP contribution in [0.5, 0.6) is 0 Å². The van der Waals surface area contributed by atoms with Gasteiger partial charge in [0, 0.05) is 12.1 Å². The first-order chi connectivity index (χ1) is 9.41. The zero-order valence-electron chi connectivity index (χ0n) is 10.9. The average molecular weight is 281 g/mol. The van der Waals surface area contributed by atoms with E-state index >= 15 is 0 Å². The van der Waals surface area contributed by atoms with Gasteiger partial charge in [0.05, 0.1) is 17.9 Å². The molecule has 0 saturated heterocycles. The van der Waals surface area contributed by atoms with Crippen molar-refractivity contribution < 1.29 is 18.3 Å². The number of hydrogen-bond acceptors (Lipinski definition) is 2. The Kier molecular flexibility index (Phi) is 4.09. The van der Waals surface area contributed by atoms with Gasteiger partial charge >= 0.3 is 6.18 Å². The molecule has 0 amide bonds. The van der Waals surface area contributed by atoms with Crippen molar-refractivity contribution in [3.63, 3.8) is 0 Å². The summed E-state index contributed by atoms with van der Waals surface area (Å²) < 4.78 is 37.5. The van der Waals surface area contributed by atoms with Crippen LogP contribution in [0.1, 0.15) is 35.2 Å². The molecule has 2 rings (SSSR count). The van der Waals surface area contributed by atoms with Gasteiger partial charge in [-0.3, -0.25) is 4.98 Å². The lowest BCUT2D eigenvalue weighted by Crippen LogP contribution is -2.05. The molecule has 1 N–H and O–H groups in total. The highest BCUT2D eigenvalue weighted by molar-refractivity contribution is 5.33. The average Bonchev–Trinajstić information content (AvgIpc) is 2.46. The third-order valence-corrected chi connectivity index (χ3v) is 3.25. The fourth-order valence-electron chi connectivity index (χ4n) is 1.94. The molecule has 2 aromatic rings. The van der Waals surface area contributed by atoms with E-state index in [1.54, 1.807) is 12.3 Å². The van der Waals surface area contributed by atoms with Gasteiger partial charge in [-0.1, -0.05) is 25.1 Å². The van der Waals surface area contributed by atoms with Crippen molar-refractivity contribution >= 4 is 0 Å². The molecule has 106 valence electrons. The van der Waals surface area contributed by atoms with E-state index in [1.807, 2.05) is 13.0 Å². The summed E-state index contributed by atoms with van der Waals surface area (Å²) in [7, 11) is 0. The summed E-state index contributed by atoms with van der Waals surface area (Å²) in [5, 5.41) is 8.92. The molecule has 0 aliphatic rings. The van der Waals surface area contributed by atoms with Crippen LogP contribution < -0.4 is 0 Å². The summed E-state index contributed by atoms with van der Waals surface area (Å²) >= 11 is 0. The molecule has 20 heavy (non-hydrogen) atoms. The van der Waals surface area contributed by atoms with Crippen LogP contribution >= 0.6 is 0 Å². The Labute approximate surface area is 114 Å². The number of aromatic nitrogens is 1.